The lowest BCUT2D eigenvalue weighted by Gasteiger charge is -2.21. The topological polar surface area (TPSA) is 89.8 Å². The summed E-state index contributed by atoms with van der Waals surface area (Å²) in [6.07, 6.45) is 44.9. The van der Waals surface area contributed by atoms with Gasteiger partial charge in [0.1, 0.15) is 0 Å². The zero-order chi connectivity index (χ0) is 35.2. The molecular weight excluding hydrogens is 594 g/mol. The van der Waals surface area contributed by atoms with Crippen LogP contribution in [0.25, 0.3) is 0 Å². The molecule has 0 aliphatic rings. The maximum atomic E-state index is 12.4. The van der Waals surface area contributed by atoms with Gasteiger partial charge in [0.25, 0.3) is 0 Å². The number of aliphatic hydroxyl groups is 3. The molecule has 0 radical (unpaired) electrons. The first kappa shape index (κ1) is 47.1. The van der Waals surface area contributed by atoms with E-state index in [-0.39, 0.29) is 18.9 Å². The molecular formula is C43H85NO4. The summed E-state index contributed by atoms with van der Waals surface area (Å²) < 4.78 is 0. The van der Waals surface area contributed by atoms with Gasteiger partial charge in [0, 0.05) is 0 Å². The molecule has 0 aromatic rings. The van der Waals surface area contributed by atoms with E-state index in [0.717, 1.165) is 25.7 Å². The second-order valence-corrected chi connectivity index (χ2v) is 15.0. The zero-order valence-electron chi connectivity index (χ0n) is 32.4. The molecule has 5 nitrogen and oxygen atoms in total. The van der Waals surface area contributed by atoms with Crippen molar-refractivity contribution in [1.29, 1.82) is 0 Å². The van der Waals surface area contributed by atoms with Crippen LogP contribution in [0.4, 0.5) is 0 Å². The Morgan fingerprint density at radius 1 is 0.521 bits per heavy atom. The first-order valence-corrected chi connectivity index (χ1v) is 21.5. The van der Waals surface area contributed by atoms with Crippen molar-refractivity contribution in [2.75, 3.05) is 6.61 Å². The molecule has 286 valence electrons. The number of hydrogen-bond donors (Lipinski definition) is 4. The van der Waals surface area contributed by atoms with Gasteiger partial charge in [-0.1, -0.05) is 219 Å². The minimum absolute atomic E-state index is 0.0184. The van der Waals surface area contributed by atoms with Gasteiger partial charge >= 0.3 is 0 Å². The second kappa shape index (κ2) is 38.9. The highest BCUT2D eigenvalue weighted by Gasteiger charge is 2.20. The Hall–Kier alpha value is -0.910. The van der Waals surface area contributed by atoms with E-state index in [1.54, 1.807) is 6.08 Å². The van der Waals surface area contributed by atoms with Crippen LogP contribution in [0.2, 0.25) is 0 Å². The number of carbonyl (C=O) groups excluding carboxylic acids is 1. The van der Waals surface area contributed by atoms with E-state index in [1.807, 2.05) is 6.08 Å². The van der Waals surface area contributed by atoms with Crippen LogP contribution in [0.3, 0.4) is 0 Å². The van der Waals surface area contributed by atoms with Crippen LogP contribution in [0.5, 0.6) is 0 Å². The van der Waals surface area contributed by atoms with Crippen molar-refractivity contribution in [3.8, 4) is 0 Å². The predicted octanol–water partition coefficient (Wildman–Crippen LogP) is 12.0. The van der Waals surface area contributed by atoms with Crippen LogP contribution < -0.4 is 5.32 Å². The Morgan fingerprint density at radius 3 is 1.21 bits per heavy atom. The molecule has 0 rings (SSSR count). The average Bonchev–Trinajstić information content (AvgIpc) is 3.08. The fraction of sp³-hybridized carbons (Fsp3) is 0.930. The Balaban J connectivity index is 3.64. The van der Waals surface area contributed by atoms with E-state index >= 15 is 0 Å². The van der Waals surface area contributed by atoms with Gasteiger partial charge in [-0.25, -0.2) is 0 Å². The van der Waals surface area contributed by atoms with Crippen molar-refractivity contribution < 1.29 is 20.1 Å². The third-order valence-corrected chi connectivity index (χ3v) is 10.1. The minimum atomic E-state index is -0.923. The van der Waals surface area contributed by atoms with Crippen molar-refractivity contribution in [2.24, 2.45) is 0 Å². The van der Waals surface area contributed by atoms with E-state index in [9.17, 15) is 20.1 Å². The van der Waals surface area contributed by atoms with Crippen molar-refractivity contribution in [3.05, 3.63) is 12.2 Å². The van der Waals surface area contributed by atoms with E-state index < -0.39 is 18.2 Å². The summed E-state index contributed by atoms with van der Waals surface area (Å²) in [6.45, 7) is 4.22. The molecule has 3 atom stereocenters. The predicted molar refractivity (Wildman–Crippen MR) is 208 cm³/mol. The van der Waals surface area contributed by atoms with E-state index in [0.29, 0.717) is 6.42 Å². The van der Waals surface area contributed by atoms with Crippen molar-refractivity contribution in [1.82, 2.24) is 5.32 Å². The number of unbranched alkanes of at least 4 members (excludes halogenated alkanes) is 30. The number of nitrogens with one attached hydrogen (secondary N) is 1. The van der Waals surface area contributed by atoms with Gasteiger partial charge in [-0.2, -0.15) is 0 Å². The zero-order valence-corrected chi connectivity index (χ0v) is 32.4. The molecule has 1 amide bonds. The number of carbonyl (C=O) groups is 1. The van der Waals surface area contributed by atoms with Crippen molar-refractivity contribution in [3.63, 3.8) is 0 Å². The second-order valence-electron chi connectivity index (χ2n) is 15.0. The fourth-order valence-corrected chi connectivity index (χ4v) is 6.75. The van der Waals surface area contributed by atoms with Gasteiger partial charge in [0.15, 0.2) is 0 Å². The summed E-state index contributed by atoms with van der Waals surface area (Å²) in [4.78, 5) is 12.4. The number of rotatable bonds is 39. The molecule has 3 unspecified atom stereocenters. The smallest absolute Gasteiger partial charge is 0.222 e. The van der Waals surface area contributed by atoms with Crippen LogP contribution >= 0.6 is 0 Å². The maximum absolute atomic E-state index is 12.4. The molecule has 0 aromatic heterocycles. The van der Waals surface area contributed by atoms with Crippen molar-refractivity contribution in [2.45, 2.75) is 250 Å². The van der Waals surface area contributed by atoms with Crippen LogP contribution in [0, 0.1) is 0 Å². The molecule has 0 heterocycles. The fourth-order valence-electron chi connectivity index (χ4n) is 6.75. The average molecular weight is 680 g/mol. The number of allylic oxidation sites excluding steroid dienone is 1. The molecule has 0 aliphatic heterocycles. The summed E-state index contributed by atoms with van der Waals surface area (Å²) >= 11 is 0. The monoisotopic (exact) mass is 680 g/mol. The van der Waals surface area contributed by atoms with Crippen molar-refractivity contribution >= 4 is 5.91 Å². The third kappa shape index (κ3) is 34.9. The summed E-state index contributed by atoms with van der Waals surface area (Å²) in [6, 6.07) is -0.738. The Kier molecular flexibility index (Phi) is 38.1. The first-order valence-electron chi connectivity index (χ1n) is 21.5. The normalized spacial score (nSPS) is 13.7. The Bertz CT molecular complexity index is 669. The van der Waals surface area contributed by atoms with E-state index in [4.69, 9.17) is 0 Å². The summed E-state index contributed by atoms with van der Waals surface area (Å²) in [5.41, 5.74) is 0. The molecule has 0 aliphatic carbocycles. The maximum Gasteiger partial charge on any atom is 0.222 e. The SMILES string of the molecule is CCCCCCCCCCCCCCCCCCCC/C=C/C(O)C(CO)NC(=O)CC(O)CCCCCCCCCCCCCCC. The molecule has 0 spiro atoms. The summed E-state index contributed by atoms with van der Waals surface area (Å²) in [5.74, 6) is -0.313. The van der Waals surface area contributed by atoms with Gasteiger partial charge < -0.3 is 20.6 Å². The Morgan fingerprint density at radius 2 is 0.854 bits per heavy atom. The molecule has 0 fully saturated rings. The van der Waals surface area contributed by atoms with Gasteiger partial charge in [-0.15, -0.1) is 0 Å². The lowest BCUT2D eigenvalue weighted by Crippen LogP contribution is -2.45. The molecule has 0 bridgehead atoms. The largest absolute Gasteiger partial charge is 0.394 e. The van der Waals surface area contributed by atoms with E-state index in [1.165, 1.54) is 180 Å². The van der Waals surface area contributed by atoms with Gasteiger partial charge in [0.2, 0.25) is 5.91 Å². The quantitative estimate of drug-likeness (QED) is 0.0384. The van der Waals surface area contributed by atoms with Crippen LogP contribution in [0.1, 0.15) is 232 Å². The highest BCUT2D eigenvalue weighted by atomic mass is 16.3. The standard InChI is InChI=1S/C43H85NO4/c1-3-5-7-9-11-13-15-17-18-19-20-21-22-23-25-27-29-31-33-35-37-42(47)41(39-45)44-43(48)38-40(46)36-34-32-30-28-26-24-16-14-12-10-8-6-4-2/h35,37,40-42,45-47H,3-34,36,38-39H2,1-2H3,(H,44,48)/b37-35+. The molecule has 48 heavy (non-hydrogen) atoms. The lowest BCUT2D eigenvalue weighted by molar-refractivity contribution is -0.124. The summed E-state index contributed by atoms with van der Waals surface area (Å²) in [7, 11) is 0. The minimum Gasteiger partial charge on any atom is -0.394 e. The number of amides is 1. The Labute approximate surface area is 299 Å². The molecule has 0 saturated heterocycles. The number of hydrogen-bond acceptors (Lipinski definition) is 4. The molecule has 5 heteroatoms. The van der Waals surface area contributed by atoms with Gasteiger partial charge in [-0.05, 0) is 19.3 Å². The van der Waals surface area contributed by atoms with Gasteiger partial charge in [-0.3, -0.25) is 4.79 Å². The highest BCUT2D eigenvalue weighted by Crippen LogP contribution is 2.16. The third-order valence-electron chi connectivity index (χ3n) is 10.1. The molecule has 0 aromatic carbocycles. The molecule has 4 N–H and O–H groups in total. The van der Waals surface area contributed by atoms with Crippen LogP contribution in [-0.4, -0.2) is 46.1 Å². The van der Waals surface area contributed by atoms with Gasteiger partial charge in [0.05, 0.1) is 31.3 Å². The first-order chi connectivity index (χ1) is 23.5. The lowest BCUT2D eigenvalue weighted by atomic mass is 10.0. The van der Waals surface area contributed by atoms with Crippen LogP contribution in [-0.2, 0) is 4.79 Å². The number of aliphatic hydroxyl groups excluding tert-OH is 3. The van der Waals surface area contributed by atoms with E-state index in [2.05, 4.69) is 19.2 Å². The highest BCUT2D eigenvalue weighted by molar-refractivity contribution is 5.76. The summed E-state index contributed by atoms with van der Waals surface area (Å²) in [5, 5.41) is 33.2. The molecule has 0 saturated carbocycles. The van der Waals surface area contributed by atoms with Crippen LogP contribution in [0.15, 0.2) is 12.2 Å².